The molecule has 0 spiro atoms. The Bertz CT molecular complexity index is 389. The van der Waals surface area contributed by atoms with Crippen LogP contribution in [0.2, 0.25) is 0 Å². The Morgan fingerprint density at radius 3 is 2.88 bits per heavy atom. The van der Waals surface area contributed by atoms with Crippen molar-refractivity contribution in [3.05, 3.63) is 21.9 Å². The van der Waals surface area contributed by atoms with Crippen LogP contribution in [0, 0.1) is 0 Å². The van der Waals surface area contributed by atoms with E-state index >= 15 is 0 Å². The van der Waals surface area contributed by atoms with Gasteiger partial charge in [0, 0.05) is 16.3 Å². The zero-order chi connectivity index (χ0) is 12.3. The van der Waals surface area contributed by atoms with Crippen LogP contribution in [0.25, 0.3) is 0 Å². The van der Waals surface area contributed by atoms with Gasteiger partial charge in [0.05, 0.1) is 0 Å². The molecule has 1 fully saturated rings. The van der Waals surface area contributed by atoms with Gasteiger partial charge in [-0.25, -0.2) is 0 Å². The van der Waals surface area contributed by atoms with Crippen molar-refractivity contribution in [3.8, 4) is 0 Å². The second-order valence-electron chi connectivity index (χ2n) is 4.54. The van der Waals surface area contributed by atoms with Gasteiger partial charge in [-0.3, -0.25) is 9.69 Å². The second-order valence-corrected chi connectivity index (χ2v) is 5.79. The first-order valence-electron chi connectivity index (χ1n) is 6.25. The van der Waals surface area contributed by atoms with Gasteiger partial charge in [-0.15, -0.1) is 11.3 Å². The predicted molar refractivity (Wildman–Crippen MR) is 69.4 cm³/mol. The van der Waals surface area contributed by atoms with Crippen LogP contribution < -0.4 is 0 Å². The van der Waals surface area contributed by atoms with Crippen molar-refractivity contribution < 1.29 is 9.90 Å². The van der Waals surface area contributed by atoms with Crippen LogP contribution in [-0.2, 0) is 17.8 Å². The molecule has 2 rings (SSSR count). The number of hydrogen-bond donors (Lipinski definition) is 1. The van der Waals surface area contributed by atoms with E-state index in [1.807, 2.05) is 0 Å². The third kappa shape index (κ3) is 3.07. The molecule has 1 atom stereocenters. The van der Waals surface area contributed by atoms with E-state index in [-0.39, 0.29) is 6.04 Å². The molecule has 1 aromatic heterocycles. The number of aryl methyl sites for hydroxylation is 1. The predicted octanol–water partition coefficient (Wildman–Crippen LogP) is 2.75. The van der Waals surface area contributed by atoms with Gasteiger partial charge in [0.1, 0.15) is 6.04 Å². The number of thiophene rings is 1. The normalized spacial score (nSPS) is 21.6. The Balaban J connectivity index is 2.02. The molecule has 1 unspecified atom stereocenters. The summed E-state index contributed by atoms with van der Waals surface area (Å²) in [7, 11) is 0. The van der Waals surface area contributed by atoms with E-state index in [9.17, 15) is 9.90 Å². The third-order valence-electron chi connectivity index (χ3n) is 3.32. The summed E-state index contributed by atoms with van der Waals surface area (Å²) < 4.78 is 0. The second kappa shape index (κ2) is 5.65. The molecule has 2 heterocycles. The number of rotatable bonds is 4. The van der Waals surface area contributed by atoms with Crippen molar-refractivity contribution in [1.29, 1.82) is 0 Å². The zero-order valence-corrected chi connectivity index (χ0v) is 11.0. The molecule has 1 aliphatic heterocycles. The fraction of sp³-hybridized carbons (Fsp3) is 0.615. The lowest BCUT2D eigenvalue weighted by molar-refractivity contribution is -0.144. The van der Waals surface area contributed by atoms with Crippen LogP contribution in [0.3, 0.4) is 0 Å². The molecular formula is C13H19NO2S. The van der Waals surface area contributed by atoms with Gasteiger partial charge in [0.15, 0.2) is 0 Å². The molecule has 0 radical (unpaired) electrons. The highest BCUT2D eigenvalue weighted by molar-refractivity contribution is 7.11. The molecule has 0 saturated carbocycles. The summed E-state index contributed by atoms with van der Waals surface area (Å²) in [6, 6.07) is 4.01. The Morgan fingerprint density at radius 1 is 1.47 bits per heavy atom. The first kappa shape index (κ1) is 12.6. The first-order valence-corrected chi connectivity index (χ1v) is 7.06. The van der Waals surface area contributed by atoms with E-state index in [2.05, 4.69) is 24.0 Å². The number of nitrogens with zero attached hydrogens (tertiary/aromatic N) is 1. The standard InChI is InChI=1S/C13H19NO2S/c1-2-10-6-7-11(17-10)9-14-8-4-3-5-12(14)13(15)16/h6-7,12H,2-5,8-9H2,1H3,(H,15,16). The fourth-order valence-electron chi connectivity index (χ4n) is 2.36. The quantitative estimate of drug-likeness (QED) is 0.897. The highest BCUT2D eigenvalue weighted by atomic mass is 32.1. The van der Waals surface area contributed by atoms with Crippen LogP contribution in [0.15, 0.2) is 12.1 Å². The maximum Gasteiger partial charge on any atom is 0.320 e. The molecule has 17 heavy (non-hydrogen) atoms. The Labute approximate surface area is 106 Å². The molecule has 0 amide bonds. The Kier molecular flexibility index (Phi) is 4.18. The van der Waals surface area contributed by atoms with Crippen LogP contribution in [0.1, 0.15) is 35.9 Å². The molecule has 4 heteroatoms. The lowest BCUT2D eigenvalue weighted by atomic mass is 10.0. The average Bonchev–Trinajstić information content (AvgIpc) is 2.77. The minimum atomic E-state index is -0.669. The summed E-state index contributed by atoms with van der Waals surface area (Å²) in [6.07, 6.45) is 4.02. The van der Waals surface area contributed by atoms with Crippen molar-refractivity contribution in [2.45, 2.75) is 45.2 Å². The lowest BCUT2D eigenvalue weighted by Gasteiger charge is -2.32. The SMILES string of the molecule is CCc1ccc(CN2CCCCC2C(=O)O)s1. The average molecular weight is 253 g/mol. The van der Waals surface area contributed by atoms with Crippen molar-refractivity contribution in [1.82, 2.24) is 4.90 Å². The molecule has 0 aromatic carbocycles. The topological polar surface area (TPSA) is 40.5 Å². The van der Waals surface area contributed by atoms with Gasteiger partial charge < -0.3 is 5.11 Å². The highest BCUT2D eigenvalue weighted by Gasteiger charge is 2.28. The summed E-state index contributed by atoms with van der Waals surface area (Å²) in [5, 5.41) is 9.20. The number of carboxylic acid groups (broad SMARTS) is 1. The number of hydrogen-bond acceptors (Lipinski definition) is 3. The summed E-state index contributed by atoms with van der Waals surface area (Å²) in [6.45, 7) is 3.86. The number of likely N-dealkylation sites (tertiary alicyclic amines) is 1. The van der Waals surface area contributed by atoms with Crippen LogP contribution in [0.5, 0.6) is 0 Å². The summed E-state index contributed by atoms with van der Waals surface area (Å²) in [5.74, 6) is -0.669. The molecule has 3 nitrogen and oxygen atoms in total. The molecule has 0 aliphatic carbocycles. The number of carboxylic acids is 1. The van der Waals surface area contributed by atoms with Gasteiger partial charge in [0.2, 0.25) is 0 Å². The monoisotopic (exact) mass is 253 g/mol. The van der Waals surface area contributed by atoms with E-state index < -0.39 is 5.97 Å². The Morgan fingerprint density at radius 2 is 2.24 bits per heavy atom. The van der Waals surface area contributed by atoms with Crippen LogP contribution >= 0.6 is 11.3 Å². The smallest absolute Gasteiger partial charge is 0.320 e. The zero-order valence-electron chi connectivity index (χ0n) is 10.2. The van der Waals surface area contributed by atoms with Gasteiger partial charge >= 0.3 is 5.97 Å². The fourth-order valence-corrected chi connectivity index (χ4v) is 3.34. The first-order chi connectivity index (χ1) is 8.20. The minimum absolute atomic E-state index is 0.282. The molecule has 1 aliphatic rings. The van der Waals surface area contributed by atoms with E-state index in [1.54, 1.807) is 11.3 Å². The van der Waals surface area contributed by atoms with Crippen molar-refractivity contribution >= 4 is 17.3 Å². The Hall–Kier alpha value is -0.870. The summed E-state index contributed by atoms with van der Waals surface area (Å²) in [4.78, 5) is 16.0. The van der Waals surface area contributed by atoms with E-state index in [4.69, 9.17) is 0 Å². The van der Waals surface area contributed by atoms with Crippen LogP contribution in [-0.4, -0.2) is 28.6 Å². The van der Waals surface area contributed by atoms with Gasteiger partial charge in [-0.1, -0.05) is 13.3 Å². The van der Waals surface area contributed by atoms with Crippen molar-refractivity contribution in [2.24, 2.45) is 0 Å². The molecular weight excluding hydrogens is 234 g/mol. The molecule has 1 aromatic rings. The summed E-state index contributed by atoms with van der Waals surface area (Å²) in [5.41, 5.74) is 0. The number of aliphatic carboxylic acids is 1. The molecule has 1 N–H and O–H groups in total. The van der Waals surface area contributed by atoms with Gasteiger partial charge in [-0.05, 0) is 37.9 Å². The summed E-state index contributed by atoms with van der Waals surface area (Å²) >= 11 is 1.81. The maximum atomic E-state index is 11.2. The van der Waals surface area contributed by atoms with Crippen LogP contribution in [0.4, 0.5) is 0 Å². The molecule has 94 valence electrons. The largest absolute Gasteiger partial charge is 0.480 e. The van der Waals surface area contributed by atoms with E-state index in [0.29, 0.717) is 0 Å². The van der Waals surface area contributed by atoms with E-state index in [1.165, 1.54) is 9.75 Å². The van der Waals surface area contributed by atoms with Crippen molar-refractivity contribution in [2.75, 3.05) is 6.54 Å². The highest BCUT2D eigenvalue weighted by Crippen LogP contribution is 2.23. The molecule has 1 saturated heterocycles. The lowest BCUT2D eigenvalue weighted by Crippen LogP contribution is -2.43. The molecule has 0 bridgehead atoms. The third-order valence-corrected chi connectivity index (χ3v) is 4.54. The van der Waals surface area contributed by atoms with Crippen molar-refractivity contribution in [3.63, 3.8) is 0 Å². The number of carbonyl (C=O) groups is 1. The van der Waals surface area contributed by atoms with E-state index in [0.717, 1.165) is 38.8 Å². The number of piperidine rings is 1. The minimum Gasteiger partial charge on any atom is -0.480 e. The maximum absolute atomic E-state index is 11.2. The van der Waals surface area contributed by atoms with Gasteiger partial charge in [-0.2, -0.15) is 0 Å². The van der Waals surface area contributed by atoms with Gasteiger partial charge in [0.25, 0.3) is 0 Å².